The van der Waals surface area contributed by atoms with Crippen LogP contribution in [0.4, 0.5) is 5.69 Å². The van der Waals surface area contributed by atoms with Gasteiger partial charge in [0, 0.05) is 6.20 Å². The summed E-state index contributed by atoms with van der Waals surface area (Å²) in [4.78, 5) is 15.5. The maximum absolute atomic E-state index is 12.6. The third-order valence-corrected chi connectivity index (χ3v) is 6.01. The minimum Gasteiger partial charge on any atom is -0.465 e. The van der Waals surface area contributed by atoms with Crippen LogP contribution < -0.4 is 3.33 Å². The number of hydrogen-bond donors (Lipinski definition) is 0. The van der Waals surface area contributed by atoms with Crippen molar-refractivity contribution in [2.24, 2.45) is 0 Å². The first-order chi connectivity index (χ1) is 10.4. The van der Waals surface area contributed by atoms with Crippen molar-refractivity contribution >= 4 is 37.8 Å². The van der Waals surface area contributed by atoms with Crippen LogP contribution >= 0.6 is 16.1 Å². The highest BCUT2D eigenvalue weighted by Gasteiger charge is 2.25. The molecule has 1 heterocycles. The maximum Gasteiger partial charge on any atom is 0.338 e. The average molecular weight is 385 g/mol. The van der Waals surface area contributed by atoms with E-state index in [4.69, 9.17) is 0 Å². The standard InChI is InChI=1S/C14H13BrN2O4S/c1-10-5-6-12(8-13(10)14(18)21-2)22(19,20)17(15)11-4-3-7-16-9-11/h3-9H,1-2H3. The molecule has 2 rings (SSSR count). The number of aromatic nitrogens is 1. The third-order valence-electron chi connectivity index (χ3n) is 2.97. The average Bonchev–Trinajstić information content (AvgIpc) is 2.54. The number of pyridine rings is 1. The van der Waals surface area contributed by atoms with Gasteiger partial charge in [-0.1, -0.05) is 6.07 Å². The van der Waals surface area contributed by atoms with Crippen molar-refractivity contribution in [1.29, 1.82) is 0 Å². The fourth-order valence-electron chi connectivity index (χ4n) is 1.78. The van der Waals surface area contributed by atoms with Gasteiger partial charge in [-0.05, 0) is 36.8 Å². The van der Waals surface area contributed by atoms with E-state index in [0.29, 0.717) is 11.3 Å². The van der Waals surface area contributed by atoms with Gasteiger partial charge in [0.05, 0.1) is 45.6 Å². The molecule has 0 aliphatic heterocycles. The molecule has 0 aliphatic carbocycles. The second-order valence-electron chi connectivity index (χ2n) is 4.40. The lowest BCUT2D eigenvalue weighted by molar-refractivity contribution is 0.0599. The minimum absolute atomic E-state index is 0.0285. The first-order valence-corrected chi connectivity index (χ1v) is 8.33. The maximum atomic E-state index is 12.6. The van der Waals surface area contributed by atoms with Gasteiger partial charge in [-0.25, -0.2) is 13.2 Å². The van der Waals surface area contributed by atoms with Crippen LogP contribution in [0.25, 0.3) is 0 Å². The van der Waals surface area contributed by atoms with E-state index in [2.05, 4.69) is 25.9 Å². The fraction of sp³-hybridized carbons (Fsp3) is 0.143. The van der Waals surface area contributed by atoms with Gasteiger partial charge < -0.3 is 4.74 Å². The van der Waals surface area contributed by atoms with E-state index in [9.17, 15) is 13.2 Å². The summed E-state index contributed by atoms with van der Waals surface area (Å²) in [6.45, 7) is 1.70. The zero-order chi connectivity index (χ0) is 16.3. The van der Waals surface area contributed by atoms with Crippen LogP contribution in [-0.2, 0) is 14.8 Å². The largest absolute Gasteiger partial charge is 0.465 e. The van der Waals surface area contributed by atoms with E-state index in [1.807, 2.05) is 0 Å². The van der Waals surface area contributed by atoms with Gasteiger partial charge in [-0.3, -0.25) is 4.98 Å². The predicted molar refractivity (Wildman–Crippen MR) is 85.3 cm³/mol. The Morgan fingerprint density at radius 1 is 1.32 bits per heavy atom. The van der Waals surface area contributed by atoms with Crippen LogP contribution in [0.1, 0.15) is 15.9 Å². The Hall–Kier alpha value is -1.93. The Kier molecular flexibility index (Phi) is 4.82. The predicted octanol–water partition coefficient (Wildman–Crippen LogP) is 2.68. The molecule has 0 saturated heterocycles. The number of halogens is 1. The number of aryl methyl sites for hydroxylation is 1. The van der Waals surface area contributed by atoms with Crippen LogP contribution in [0.3, 0.4) is 0 Å². The molecule has 0 saturated carbocycles. The highest BCUT2D eigenvalue weighted by molar-refractivity contribution is 9.11. The summed E-state index contributed by atoms with van der Waals surface area (Å²) in [6, 6.07) is 7.49. The molecule has 2 aromatic rings. The van der Waals surface area contributed by atoms with Crippen molar-refractivity contribution in [3.8, 4) is 0 Å². The molecular formula is C14H13BrN2O4S. The molecule has 1 aromatic carbocycles. The molecule has 0 radical (unpaired) electrons. The zero-order valence-electron chi connectivity index (χ0n) is 11.9. The Balaban J connectivity index is 2.48. The summed E-state index contributed by atoms with van der Waals surface area (Å²) in [5, 5.41) is 0. The molecule has 6 nitrogen and oxygen atoms in total. The van der Waals surface area contributed by atoms with Crippen LogP contribution in [0, 0.1) is 6.92 Å². The molecular weight excluding hydrogens is 372 g/mol. The van der Waals surface area contributed by atoms with Crippen molar-refractivity contribution in [3.05, 3.63) is 53.9 Å². The molecule has 1 aromatic heterocycles. The lowest BCUT2D eigenvalue weighted by atomic mass is 10.1. The van der Waals surface area contributed by atoms with Gasteiger partial charge in [-0.2, -0.15) is 3.33 Å². The molecule has 0 bridgehead atoms. The lowest BCUT2D eigenvalue weighted by Gasteiger charge is -2.17. The van der Waals surface area contributed by atoms with Crippen molar-refractivity contribution in [2.45, 2.75) is 11.8 Å². The summed E-state index contributed by atoms with van der Waals surface area (Å²) in [5.41, 5.74) is 1.19. The highest BCUT2D eigenvalue weighted by Crippen LogP contribution is 2.27. The van der Waals surface area contributed by atoms with E-state index in [1.54, 1.807) is 25.1 Å². The van der Waals surface area contributed by atoms with Gasteiger partial charge in [0.15, 0.2) is 0 Å². The quantitative estimate of drug-likeness (QED) is 0.598. The van der Waals surface area contributed by atoms with Gasteiger partial charge >= 0.3 is 5.97 Å². The van der Waals surface area contributed by atoms with E-state index >= 15 is 0 Å². The number of rotatable bonds is 4. The van der Waals surface area contributed by atoms with E-state index in [1.165, 1.54) is 31.6 Å². The Morgan fingerprint density at radius 2 is 2.05 bits per heavy atom. The number of hydrogen-bond acceptors (Lipinski definition) is 5. The molecule has 0 spiro atoms. The number of methoxy groups -OCH3 is 1. The van der Waals surface area contributed by atoms with Gasteiger partial charge in [-0.15, -0.1) is 0 Å². The molecule has 22 heavy (non-hydrogen) atoms. The molecule has 8 heteroatoms. The van der Waals surface area contributed by atoms with Crippen molar-refractivity contribution in [2.75, 3.05) is 10.4 Å². The Labute approximate surface area is 137 Å². The highest BCUT2D eigenvalue weighted by atomic mass is 79.9. The first kappa shape index (κ1) is 16.4. The van der Waals surface area contributed by atoms with Crippen LogP contribution in [0.15, 0.2) is 47.6 Å². The number of sulfonamides is 1. The van der Waals surface area contributed by atoms with Gasteiger partial charge in [0.1, 0.15) is 0 Å². The summed E-state index contributed by atoms with van der Waals surface area (Å²) in [6.07, 6.45) is 2.94. The summed E-state index contributed by atoms with van der Waals surface area (Å²) in [5.74, 6) is -0.586. The van der Waals surface area contributed by atoms with E-state index < -0.39 is 16.0 Å². The Bertz CT molecular complexity index is 794. The summed E-state index contributed by atoms with van der Waals surface area (Å²) < 4.78 is 30.8. The number of nitrogens with zero attached hydrogens (tertiary/aromatic N) is 2. The lowest BCUT2D eigenvalue weighted by Crippen LogP contribution is -2.21. The number of benzene rings is 1. The van der Waals surface area contributed by atoms with Crippen molar-refractivity contribution in [1.82, 2.24) is 4.98 Å². The number of carbonyl (C=O) groups excluding carboxylic acids is 1. The molecule has 0 atom stereocenters. The SMILES string of the molecule is COC(=O)c1cc(S(=O)(=O)N(Br)c2cccnc2)ccc1C. The first-order valence-electron chi connectivity index (χ1n) is 6.18. The molecule has 0 aliphatic rings. The fourth-order valence-corrected chi connectivity index (χ4v) is 3.57. The van der Waals surface area contributed by atoms with Crippen molar-refractivity contribution in [3.63, 3.8) is 0 Å². The molecule has 0 amide bonds. The monoisotopic (exact) mass is 384 g/mol. The molecule has 116 valence electrons. The van der Waals surface area contributed by atoms with Crippen molar-refractivity contribution < 1.29 is 17.9 Å². The van der Waals surface area contributed by atoms with Crippen LogP contribution in [-0.4, -0.2) is 26.5 Å². The third kappa shape index (κ3) is 3.12. The number of ether oxygens (including phenoxy) is 1. The topological polar surface area (TPSA) is 76.6 Å². The van der Waals surface area contributed by atoms with E-state index in [0.717, 1.165) is 3.33 Å². The smallest absolute Gasteiger partial charge is 0.338 e. The summed E-state index contributed by atoms with van der Waals surface area (Å²) >= 11 is 3.03. The normalized spacial score (nSPS) is 11.0. The van der Waals surface area contributed by atoms with Crippen LogP contribution in [0.2, 0.25) is 0 Å². The van der Waals surface area contributed by atoms with Gasteiger partial charge in [0.2, 0.25) is 0 Å². The zero-order valence-corrected chi connectivity index (χ0v) is 14.3. The van der Waals surface area contributed by atoms with E-state index in [-0.39, 0.29) is 10.5 Å². The Morgan fingerprint density at radius 3 is 2.64 bits per heavy atom. The number of anilines is 1. The molecule has 0 N–H and O–H groups in total. The van der Waals surface area contributed by atoms with Crippen LogP contribution in [0.5, 0.6) is 0 Å². The molecule has 0 fully saturated rings. The minimum atomic E-state index is -3.87. The number of esters is 1. The number of carbonyl (C=O) groups is 1. The molecule has 0 unspecified atom stereocenters. The second kappa shape index (κ2) is 6.45. The second-order valence-corrected chi connectivity index (χ2v) is 7.36. The summed E-state index contributed by atoms with van der Waals surface area (Å²) in [7, 11) is -2.63. The van der Waals surface area contributed by atoms with Gasteiger partial charge in [0.25, 0.3) is 10.0 Å².